The number of fused-ring (bicyclic) bond motifs is 1. The summed E-state index contributed by atoms with van der Waals surface area (Å²) < 4.78 is 10.7. The second-order valence-electron chi connectivity index (χ2n) is 6.67. The summed E-state index contributed by atoms with van der Waals surface area (Å²) in [6.07, 6.45) is 6.48. The third-order valence-corrected chi connectivity index (χ3v) is 4.62. The summed E-state index contributed by atoms with van der Waals surface area (Å²) in [5.41, 5.74) is 1.12. The first-order valence-corrected chi connectivity index (χ1v) is 8.54. The highest BCUT2D eigenvalue weighted by molar-refractivity contribution is 5.77. The Labute approximate surface area is 137 Å². The third-order valence-electron chi connectivity index (χ3n) is 4.62. The lowest BCUT2D eigenvalue weighted by Gasteiger charge is -2.22. The average molecular weight is 318 g/mol. The van der Waals surface area contributed by atoms with Crippen LogP contribution in [-0.2, 0) is 11.3 Å². The first-order chi connectivity index (χ1) is 11.2. The molecular formula is C18H26N2O3. The van der Waals surface area contributed by atoms with E-state index in [-0.39, 0.29) is 12.7 Å². The highest BCUT2D eigenvalue weighted by Gasteiger charge is 2.16. The number of carbonyl (C=O) groups is 1. The smallest absolute Gasteiger partial charge is 0.234 e. The van der Waals surface area contributed by atoms with Crippen LogP contribution < -0.4 is 14.8 Å². The Morgan fingerprint density at radius 2 is 2.00 bits per heavy atom. The second kappa shape index (κ2) is 7.68. The molecule has 1 aromatic rings. The molecule has 0 unspecified atom stereocenters. The van der Waals surface area contributed by atoms with Gasteiger partial charge in [-0.3, -0.25) is 9.69 Å². The van der Waals surface area contributed by atoms with Crippen LogP contribution in [0.3, 0.4) is 0 Å². The van der Waals surface area contributed by atoms with Gasteiger partial charge in [0.15, 0.2) is 11.5 Å². The number of rotatable bonds is 6. The highest BCUT2D eigenvalue weighted by atomic mass is 16.7. The van der Waals surface area contributed by atoms with Gasteiger partial charge < -0.3 is 14.8 Å². The van der Waals surface area contributed by atoms with Gasteiger partial charge in [-0.15, -0.1) is 0 Å². The molecule has 1 saturated carbocycles. The van der Waals surface area contributed by atoms with Crippen molar-refractivity contribution in [2.75, 3.05) is 26.9 Å². The standard InChI is InChI=1S/C18H26N2O3/c1-20(11-15-7-8-16-17(9-15)23-13-22-16)12-18(21)19-10-14-5-3-2-4-6-14/h7-9,14H,2-6,10-13H2,1H3,(H,19,21). The van der Waals surface area contributed by atoms with E-state index in [9.17, 15) is 4.79 Å². The van der Waals surface area contributed by atoms with Crippen LogP contribution in [0.2, 0.25) is 0 Å². The highest BCUT2D eigenvalue weighted by Crippen LogP contribution is 2.32. The van der Waals surface area contributed by atoms with Crippen molar-refractivity contribution in [2.45, 2.75) is 38.6 Å². The predicted molar refractivity (Wildman–Crippen MR) is 88.5 cm³/mol. The summed E-state index contributed by atoms with van der Waals surface area (Å²) in [5, 5.41) is 3.09. The van der Waals surface area contributed by atoms with Gasteiger partial charge in [0.05, 0.1) is 6.54 Å². The Hall–Kier alpha value is -1.75. The van der Waals surface area contributed by atoms with E-state index in [1.165, 1.54) is 32.1 Å². The van der Waals surface area contributed by atoms with E-state index in [0.717, 1.165) is 23.6 Å². The SMILES string of the molecule is CN(CC(=O)NCC1CCCCC1)Cc1ccc2c(c1)OCO2. The molecule has 1 amide bonds. The van der Waals surface area contributed by atoms with Gasteiger partial charge in [0, 0.05) is 13.1 Å². The summed E-state index contributed by atoms with van der Waals surface area (Å²) in [4.78, 5) is 14.1. The topological polar surface area (TPSA) is 50.8 Å². The normalized spacial score (nSPS) is 17.5. The molecule has 2 aliphatic rings. The van der Waals surface area contributed by atoms with Crippen LogP contribution >= 0.6 is 0 Å². The van der Waals surface area contributed by atoms with E-state index < -0.39 is 0 Å². The van der Waals surface area contributed by atoms with Crippen molar-refractivity contribution in [1.82, 2.24) is 10.2 Å². The molecule has 23 heavy (non-hydrogen) atoms. The van der Waals surface area contributed by atoms with Crippen molar-refractivity contribution in [3.63, 3.8) is 0 Å². The molecule has 3 rings (SSSR count). The van der Waals surface area contributed by atoms with E-state index in [1.807, 2.05) is 30.1 Å². The molecule has 0 radical (unpaired) electrons. The van der Waals surface area contributed by atoms with Gasteiger partial charge in [-0.05, 0) is 43.5 Å². The van der Waals surface area contributed by atoms with E-state index in [4.69, 9.17) is 9.47 Å². The molecule has 0 saturated heterocycles. The number of ether oxygens (including phenoxy) is 2. The number of nitrogens with zero attached hydrogens (tertiary/aromatic N) is 1. The van der Waals surface area contributed by atoms with Crippen molar-refractivity contribution >= 4 is 5.91 Å². The molecular weight excluding hydrogens is 292 g/mol. The Bertz CT molecular complexity index is 541. The summed E-state index contributed by atoms with van der Waals surface area (Å²) >= 11 is 0. The van der Waals surface area contributed by atoms with Crippen LogP contribution in [0.25, 0.3) is 0 Å². The molecule has 1 fully saturated rings. The van der Waals surface area contributed by atoms with Gasteiger partial charge in [-0.2, -0.15) is 0 Å². The van der Waals surface area contributed by atoms with Crippen molar-refractivity contribution in [1.29, 1.82) is 0 Å². The van der Waals surface area contributed by atoms with Gasteiger partial charge in [-0.1, -0.05) is 25.3 Å². The predicted octanol–water partition coefficient (Wildman–Crippen LogP) is 2.54. The fourth-order valence-corrected chi connectivity index (χ4v) is 3.36. The molecule has 0 bridgehead atoms. The average Bonchev–Trinajstić information content (AvgIpc) is 3.01. The van der Waals surface area contributed by atoms with Crippen molar-refractivity contribution < 1.29 is 14.3 Å². The van der Waals surface area contributed by atoms with E-state index in [0.29, 0.717) is 19.0 Å². The first kappa shape index (κ1) is 16.1. The van der Waals surface area contributed by atoms with E-state index in [1.54, 1.807) is 0 Å². The minimum absolute atomic E-state index is 0.110. The summed E-state index contributed by atoms with van der Waals surface area (Å²) in [7, 11) is 1.96. The maximum absolute atomic E-state index is 12.1. The number of amides is 1. The third kappa shape index (κ3) is 4.61. The minimum Gasteiger partial charge on any atom is -0.454 e. The lowest BCUT2D eigenvalue weighted by molar-refractivity contribution is -0.122. The molecule has 126 valence electrons. The molecule has 1 heterocycles. The molecule has 1 aromatic carbocycles. The number of benzene rings is 1. The van der Waals surface area contributed by atoms with Gasteiger partial charge in [0.2, 0.25) is 12.7 Å². The molecule has 1 aliphatic heterocycles. The number of hydrogen-bond acceptors (Lipinski definition) is 4. The van der Waals surface area contributed by atoms with Crippen LogP contribution in [-0.4, -0.2) is 37.7 Å². The molecule has 0 spiro atoms. The van der Waals surface area contributed by atoms with Crippen LogP contribution in [0.4, 0.5) is 0 Å². The lowest BCUT2D eigenvalue weighted by Crippen LogP contribution is -2.37. The van der Waals surface area contributed by atoms with Crippen LogP contribution in [0.15, 0.2) is 18.2 Å². The number of hydrogen-bond donors (Lipinski definition) is 1. The Morgan fingerprint density at radius 3 is 2.83 bits per heavy atom. The fraction of sp³-hybridized carbons (Fsp3) is 0.611. The van der Waals surface area contributed by atoms with Crippen molar-refractivity contribution in [2.24, 2.45) is 5.92 Å². The fourth-order valence-electron chi connectivity index (χ4n) is 3.36. The zero-order valence-corrected chi connectivity index (χ0v) is 13.8. The lowest BCUT2D eigenvalue weighted by atomic mass is 9.89. The van der Waals surface area contributed by atoms with Crippen LogP contribution in [0.5, 0.6) is 11.5 Å². The Balaban J connectivity index is 1.41. The number of carbonyl (C=O) groups excluding carboxylic acids is 1. The van der Waals surface area contributed by atoms with Gasteiger partial charge in [-0.25, -0.2) is 0 Å². The zero-order valence-electron chi connectivity index (χ0n) is 13.8. The largest absolute Gasteiger partial charge is 0.454 e. The van der Waals surface area contributed by atoms with E-state index >= 15 is 0 Å². The monoisotopic (exact) mass is 318 g/mol. The quantitative estimate of drug-likeness (QED) is 0.876. The molecule has 0 atom stereocenters. The van der Waals surface area contributed by atoms with E-state index in [2.05, 4.69) is 5.32 Å². The van der Waals surface area contributed by atoms with Crippen LogP contribution in [0.1, 0.15) is 37.7 Å². The molecule has 1 aliphatic carbocycles. The zero-order chi connectivity index (χ0) is 16.1. The minimum atomic E-state index is 0.110. The maximum Gasteiger partial charge on any atom is 0.234 e. The Morgan fingerprint density at radius 1 is 1.22 bits per heavy atom. The second-order valence-corrected chi connectivity index (χ2v) is 6.67. The van der Waals surface area contributed by atoms with Gasteiger partial charge in [0.1, 0.15) is 0 Å². The van der Waals surface area contributed by atoms with Crippen LogP contribution in [0, 0.1) is 5.92 Å². The number of likely N-dealkylation sites (N-methyl/N-ethyl adjacent to an activating group) is 1. The van der Waals surface area contributed by atoms with Gasteiger partial charge >= 0.3 is 0 Å². The molecule has 1 N–H and O–H groups in total. The van der Waals surface area contributed by atoms with Crippen molar-refractivity contribution in [3.05, 3.63) is 23.8 Å². The summed E-state index contributed by atoms with van der Waals surface area (Å²) in [6, 6.07) is 5.93. The van der Waals surface area contributed by atoms with Gasteiger partial charge in [0.25, 0.3) is 0 Å². The summed E-state index contributed by atoms with van der Waals surface area (Å²) in [5.74, 6) is 2.37. The maximum atomic E-state index is 12.1. The molecule has 5 heteroatoms. The summed E-state index contributed by atoms with van der Waals surface area (Å²) in [6.45, 7) is 2.25. The molecule has 0 aromatic heterocycles. The first-order valence-electron chi connectivity index (χ1n) is 8.54. The van der Waals surface area contributed by atoms with Crippen molar-refractivity contribution in [3.8, 4) is 11.5 Å². The molecule has 5 nitrogen and oxygen atoms in total. The Kier molecular flexibility index (Phi) is 5.39. The number of nitrogens with one attached hydrogen (secondary N) is 1.